The molecule has 0 aromatic rings. The molecule has 0 aliphatic carbocycles. The molecule has 0 fully saturated rings. The van der Waals surface area contributed by atoms with Gasteiger partial charge in [-0.05, 0) is 103 Å². The van der Waals surface area contributed by atoms with Crippen LogP contribution < -0.4 is 0 Å². The van der Waals surface area contributed by atoms with Crippen LogP contribution in [0.3, 0.4) is 0 Å². The zero-order valence-electron chi connectivity index (χ0n) is 48.5. The monoisotopic (exact) mass is 1040 g/mol. The summed E-state index contributed by atoms with van der Waals surface area (Å²) in [6.45, 7) is 6.33. The van der Waals surface area contributed by atoms with Crippen LogP contribution in [0.5, 0.6) is 0 Å². The van der Waals surface area contributed by atoms with Gasteiger partial charge in [-0.15, -0.1) is 0 Å². The van der Waals surface area contributed by atoms with Crippen molar-refractivity contribution in [3.05, 3.63) is 134 Å². The van der Waals surface area contributed by atoms with Gasteiger partial charge in [0, 0.05) is 19.3 Å². The van der Waals surface area contributed by atoms with Crippen LogP contribution in [-0.4, -0.2) is 37.2 Å². The number of esters is 3. The smallest absolute Gasteiger partial charge is 0.306 e. The van der Waals surface area contributed by atoms with E-state index in [0.717, 1.165) is 109 Å². The number of unbranched alkanes of at least 4 members (excludes halogenated alkanes) is 21. The summed E-state index contributed by atoms with van der Waals surface area (Å²) in [5.41, 5.74) is 0. The van der Waals surface area contributed by atoms with Gasteiger partial charge in [0.2, 0.25) is 0 Å². The Bertz CT molecular complexity index is 1620. The summed E-state index contributed by atoms with van der Waals surface area (Å²) in [5.74, 6) is -1.04. The Balaban J connectivity index is 4.55. The summed E-state index contributed by atoms with van der Waals surface area (Å²) < 4.78 is 16.8. The van der Waals surface area contributed by atoms with Gasteiger partial charge in [-0.1, -0.05) is 276 Å². The Morgan fingerprint density at radius 1 is 0.280 bits per heavy atom. The van der Waals surface area contributed by atoms with Gasteiger partial charge in [-0.3, -0.25) is 14.4 Å². The fourth-order valence-electron chi connectivity index (χ4n) is 8.14. The van der Waals surface area contributed by atoms with Gasteiger partial charge in [0.05, 0.1) is 0 Å². The minimum Gasteiger partial charge on any atom is -0.462 e. The van der Waals surface area contributed by atoms with E-state index in [2.05, 4.69) is 148 Å². The van der Waals surface area contributed by atoms with Crippen LogP contribution in [0.1, 0.15) is 265 Å². The normalized spacial score (nSPS) is 13.1. The van der Waals surface area contributed by atoms with Crippen molar-refractivity contribution in [1.82, 2.24) is 0 Å². The second kappa shape index (κ2) is 62.1. The fraction of sp³-hybridized carbons (Fsp3) is 0.638. The van der Waals surface area contributed by atoms with E-state index in [9.17, 15) is 14.4 Å². The van der Waals surface area contributed by atoms with Crippen molar-refractivity contribution in [1.29, 1.82) is 0 Å². The van der Waals surface area contributed by atoms with E-state index in [1.807, 2.05) is 6.08 Å². The van der Waals surface area contributed by atoms with Gasteiger partial charge in [0.25, 0.3) is 0 Å². The summed E-state index contributed by atoms with van der Waals surface area (Å²) in [6.07, 6.45) is 87.5. The van der Waals surface area contributed by atoms with Crippen molar-refractivity contribution in [3.8, 4) is 0 Å². The minimum atomic E-state index is -0.831. The number of carbonyl (C=O) groups is 3. The van der Waals surface area contributed by atoms with Crippen molar-refractivity contribution < 1.29 is 28.6 Å². The SMILES string of the molecule is CC/C=C\C/C=C\C/C=C\C/C=C\C/C=C\C/C=C\CCC(=O)OC[C@@H](COC(=O)CCCCCCCCCCCCCCCCCCCCC)OC(=O)CCCCC/C=C\C/C=C\C/C=C\C/C=C\C/C=C\CC. The van der Waals surface area contributed by atoms with Crippen molar-refractivity contribution in [2.45, 2.75) is 271 Å². The molecule has 0 radical (unpaired) electrons. The highest BCUT2D eigenvalue weighted by Gasteiger charge is 2.19. The zero-order valence-corrected chi connectivity index (χ0v) is 48.5. The molecule has 0 spiro atoms. The lowest BCUT2D eigenvalue weighted by molar-refractivity contribution is -0.166. The second-order valence-corrected chi connectivity index (χ2v) is 19.9. The van der Waals surface area contributed by atoms with Crippen molar-refractivity contribution >= 4 is 17.9 Å². The van der Waals surface area contributed by atoms with Crippen LogP contribution in [0.25, 0.3) is 0 Å². The van der Waals surface area contributed by atoms with E-state index in [4.69, 9.17) is 14.2 Å². The molecule has 0 N–H and O–H groups in total. The van der Waals surface area contributed by atoms with Gasteiger partial charge in [-0.25, -0.2) is 0 Å². The first kappa shape index (κ1) is 70.5. The van der Waals surface area contributed by atoms with Crippen molar-refractivity contribution in [2.24, 2.45) is 0 Å². The topological polar surface area (TPSA) is 78.9 Å². The Labute approximate surface area is 462 Å². The average Bonchev–Trinajstić information content (AvgIpc) is 3.41. The summed E-state index contributed by atoms with van der Waals surface area (Å²) >= 11 is 0. The second-order valence-electron chi connectivity index (χ2n) is 19.9. The van der Waals surface area contributed by atoms with Gasteiger partial charge < -0.3 is 14.2 Å². The average molecular weight is 1040 g/mol. The molecule has 75 heavy (non-hydrogen) atoms. The summed E-state index contributed by atoms with van der Waals surface area (Å²) in [5, 5.41) is 0. The number of hydrogen-bond donors (Lipinski definition) is 0. The first-order valence-electron chi connectivity index (χ1n) is 30.7. The molecular weight excluding hydrogens is 925 g/mol. The first-order chi connectivity index (χ1) is 37.0. The van der Waals surface area contributed by atoms with Gasteiger partial charge in [-0.2, -0.15) is 0 Å². The molecule has 0 rings (SSSR count). The van der Waals surface area contributed by atoms with Crippen LogP contribution in [0.2, 0.25) is 0 Å². The third-order valence-electron chi connectivity index (χ3n) is 12.7. The van der Waals surface area contributed by atoms with E-state index >= 15 is 0 Å². The lowest BCUT2D eigenvalue weighted by Gasteiger charge is -2.18. The van der Waals surface area contributed by atoms with E-state index in [-0.39, 0.29) is 44.0 Å². The molecule has 0 saturated heterocycles. The molecule has 0 saturated carbocycles. The van der Waals surface area contributed by atoms with Crippen LogP contribution >= 0.6 is 0 Å². The highest BCUT2D eigenvalue weighted by atomic mass is 16.6. The molecule has 424 valence electrons. The summed E-state index contributed by atoms with van der Waals surface area (Å²) in [7, 11) is 0. The van der Waals surface area contributed by atoms with E-state index in [1.54, 1.807) is 0 Å². The van der Waals surface area contributed by atoms with Crippen LogP contribution in [0.15, 0.2) is 134 Å². The maximum atomic E-state index is 12.9. The van der Waals surface area contributed by atoms with Crippen molar-refractivity contribution in [2.75, 3.05) is 13.2 Å². The molecule has 6 heteroatoms. The van der Waals surface area contributed by atoms with Crippen LogP contribution in [-0.2, 0) is 28.6 Å². The van der Waals surface area contributed by atoms with Crippen LogP contribution in [0, 0.1) is 0 Å². The molecule has 0 aliphatic heterocycles. The Hall–Kier alpha value is -4.45. The number of hydrogen-bond acceptors (Lipinski definition) is 6. The minimum absolute atomic E-state index is 0.117. The third-order valence-corrected chi connectivity index (χ3v) is 12.7. The van der Waals surface area contributed by atoms with Crippen molar-refractivity contribution in [3.63, 3.8) is 0 Å². The largest absolute Gasteiger partial charge is 0.462 e. The molecule has 0 aromatic heterocycles. The Morgan fingerprint density at radius 2 is 0.547 bits per heavy atom. The standard InChI is InChI=1S/C69H112O6/c1-4-7-10-13-16-19-22-25-28-31-34-37-40-43-46-49-52-55-58-61-67(70)73-64-66(75-69(72)63-60-57-54-51-48-45-42-39-36-33-30-27-24-21-18-15-12-9-6-3)65-74-68(71)62-59-56-53-50-47-44-41-38-35-32-29-26-23-20-17-14-11-8-5-2/h7,9-10,12,16,18-19,21,25,27-28,30,34,36-37,39,43,45-46,48,52,55,66H,4-6,8,11,13-15,17,20,22-24,26,29,31-33,35,38,40-42,44,47,49-51,53-54,56-65H2,1-3H3/b10-7-,12-9-,19-16-,21-18-,28-25-,30-27-,37-34-,39-36-,46-43-,48-45-,55-52-/t66-/m0/s1. The molecule has 0 heterocycles. The Kier molecular flexibility index (Phi) is 58.4. The van der Waals surface area contributed by atoms with Gasteiger partial charge in [0.1, 0.15) is 13.2 Å². The fourth-order valence-corrected chi connectivity index (χ4v) is 8.14. The molecule has 6 nitrogen and oxygen atoms in total. The number of ether oxygens (including phenoxy) is 3. The third kappa shape index (κ3) is 60.3. The Morgan fingerprint density at radius 3 is 0.893 bits per heavy atom. The summed E-state index contributed by atoms with van der Waals surface area (Å²) in [6, 6.07) is 0. The van der Waals surface area contributed by atoms with E-state index < -0.39 is 6.10 Å². The summed E-state index contributed by atoms with van der Waals surface area (Å²) in [4.78, 5) is 38.3. The maximum absolute atomic E-state index is 12.9. The van der Waals surface area contributed by atoms with Crippen LogP contribution in [0.4, 0.5) is 0 Å². The maximum Gasteiger partial charge on any atom is 0.306 e. The quantitative estimate of drug-likeness (QED) is 0.0261. The van der Waals surface area contributed by atoms with Gasteiger partial charge in [0.15, 0.2) is 6.10 Å². The first-order valence-corrected chi connectivity index (χ1v) is 30.7. The highest BCUT2D eigenvalue weighted by Crippen LogP contribution is 2.16. The lowest BCUT2D eigenvalue weighted by Crippen LogP contribution is -2.30. The number of carbonyl (C=O) groups excluding carboxylic acids is 3. The predicted molar refractivity (Wildman–Crippen MR) is 325 cm³/mol. The molecule has 0 bridgehead atoms. The highest BCUT2D eigenvalue weighted by molar-refractivity contribution is 5.71. The molecule has 1 atom stereocenters. The van der Waals surface area contributed by atoms with E-state index in [1.165, 1.54) is 103 Å². The lowest BCUT2D eigenvalue weighted by atomic mass is 10.0. The van der Waals surface area contributed by atoms with Gasteiger partial charge >= 0.3 is 17.9 Å². The predicted octanol–water partition coefficient (Wildman–Crippen LogP) is 21.0. The number of allylic oxidation sites excluding steroid dienone is 22. The number of rotatable bonds is 54. The molecule has 0 unspecified atom stereocenters. The molecular formula is C69H112O6. The molecule has 0 aliphatic rings. The molecule has 0 aromatic carbocycles. The van der Waals surface area contributed by atoms with E-state index in [0.29, 0.717) is 19.3 Å². The molecule has 0 amide bonds. The zero-order chi connectivity index (χ0) is 54.3.